The Hall–Kier alpha value is -4.39. The van der Waals surface area contributed by atoms with E-state index in [0.717, 1.165) is 22.3 Å². The lowest BCUT2D eigenvalue weighted by Crippen LogP contribution is -2.14. The number of pyridine rings is 1. The predicted octanol–water partition coefficient (Wildman–Crippen LogP) is 4.70. The second kappa shape index (κ2) is 9.00. The number of carbonyl (C=O) groups excluding carboxylic acids is 2. The van der Waals surface area contributed by atoms with Gasteiger partial charge < -0.3 is 21.3 Å². The van der Waals surface area contributed by atoms with Crippen molar-refractivity contribution in [3.63, 3.8) is 0 Å². The van der Waals surface area contributed by atoms with Gasteiger partial charge in [0.25, 0.3) is 11.8 Å². The smallest absolute Gasteiger partial charge is 0.255 e. The first-order valence-electron chi connectivity index (χ1n) is 10.5. The van der Waals surface area contributed by atoms with Crippen molar-refractivity contribution in [3.05, 3.63) is 89.6 Å². The molecule has 4 N–H and O–H groups in total. The van der Waals surface area contributed by atoms with Gasteiger partial charge in [-0.15, -0.1) is 0 Å². The number of nitrogens with two attached hydrogens (primary N) is 1. The van der Waals surface area contributed by atoms with Crippen molar-refractivity contribution in [2.45, 2.75) is 6.92 Å². The van der Waals surface area contributed by atoms with Crippen LogP contribution in [-0.2, 0) is 0 Å². The van der Waals surface area contributed by atoms with Gasteiger partial charge in [0.1, 0.15) is 0 Å². The maximum Gasteiger partial charge on any atom is 0.255 e. The van der Waals surface area contributed by atoms with Crippen LogP contribution in [0.25, 0.3) is 10.9 Å². The molecular weight excluding hydrogens is 414 g/mol. The molecule has 0 spiro atoms. The number of aryl methyl sites for hydroxylation is 1. The molecule has 0 aliphatic carbocycles. The van der Waals surface area contributed by atoms with E-state index in [-0.39, 0.29) is 11.8 Å². The summed E-state index contributed by atoms with van der Waals surface area (Å²) in [5.41, 5.74) is 11.5. The van der Waals surface area contributed by atoms with Gasteiger partial charge in [-0.05, 0) is 73.7 Å². The number of benzene rings is 3. The Morgan fingerprint density at radius 1 is 0.818 bits per heavy atom. The van der Waals surface area contributed by atoms with Crippen LogP contribution in [0.15, 0.2) is 72.8 Å². The predicted molar refractivity (Wildman–Crippen MR) is 134 cm³/mol. The average molecular weight is 440 g/mol. The largest absolute Gasteiger partial charge is 0.398 e. The normalized spacial score (nSPS) is 10.6. The van der Waals surface area contributed by atoms with Crippen LogP contribution < -0.4 is 21.3 Å². The third kappa shape index (κ3) is 4.93. The fourth-order valence-electron chi connectivity index (χ4n) is 3.50. The van der Waals surface area contributed by atoms with Crippen LogP contribution in [0.1, 0.15) is 26.4 Å². The molecule has 1 aromatic heterocycles. The van der Waals surface area contributed by atoms with Crippen LogP contribution in [0.2, 0.25) is 0 Å². The standard InChI is InChI=1S/C26H25N5O2/c1-16-13-23(27)22-15-18(7-12-24(22)28-16)26(33)30-20-10-8-19(9-11-20)29-25(32)17-5-4-6-21(14-17)31(2)3/h4-15H,1-3H3,(H2,27,28)(H,29,32)(H,30,33). The van der Waals surface area contributed by atoms with E-state index < -0.39 is 0 Å². The Morgan fingerprint density at radius 3 is 2.03 bits per heavy atom. The monoisotopic (exact) mass is 439 g/mol. The molecule has 0 atom stereocenters. The minimum Gasteiger partial charge on any atom is -0.398 e. The number of hydrogen-bond donors (Lipinski definition) is 3. The van der Waals surface area contributed by atoms with Crippen molar-refractivity contribution < 1.29 is 9.59 Å². The summed E-state index contributed by atoms with van der Waals surface area (Å²) in [6.07, 6.45) is 0. The fraction of sp³-hybridized carbons (Fsp3) is 0.115. The first-order chi connectivity index (χ1) is 15.8. The summed E-state index contributed by atoms with van der Waals surface area (Å²) in [5, 5.41) is 6.48. The highest BCUT2D eigenvalue weighted by atomic mass is 16.2. The Kier molecular flexibility index (Phi) is 5.95. The minimum absolute atomic E-state index is 0.201. The van der Waals surface area contributed by atoms with Gasteiger partial charge in [0.2, 0.25) is 0 Å². The molecular formula is C26H25N5O2. The summed E-state index contributed by atoms with van der Waals surface area (Å²) in [5.74, 6) is -0.456. The molecule has 2 amide bonds. The van der Waals surface area contributed by atoms with Crippen molar-refractivity contribution in [2.24, 2.45) is 0 Å². The first-order valence-corrected chi connectivity index (χ1v) is 10.5. The van der Waals surface area contributed by atoms with Gasteiger partial charge in [-0.2, -0.15) is 0 Å². The van der Waals surface area contributed by atoms with Crippen LogP contribution in [0.4, 0.5) is 22.7 Å². The lowest BCUT2D eigenvalue weighted by molar-refractivity contribution is 0.101. The van der Waals surface area contributed by atoms with Gasteiger partial charge in [-0.3, -0.25) is 14.6 Å². The van der Waals surface area contributed by atoms with E-state index in [1.165, 1.54) is 0 Å². The number of fused-ring (bicyclic) bond motifs is 1. The van der Waals surface area contributed by atoms with Crippen molar-refractivity contribution >= 4 is 45.5 Å². The Labute approximate surface area is 192 Å². The summed E-state index contributed by atoms with van der Waals surface area (Å²) < 4.78 is 0. The highest BCUT2D eigenvalue weighted by molar-refractivity contribution is 6.08. The zero-order valence-corrected chi connectivity index (χ0v) is 18.7. The number of carbonyl (C=O) groups is 2. The van der Waals surface area contributed by atoms with Gasteiger partial charge in [0.05, 0.1) is 5.52 Å². The van der Waals surface area contributed by atoms with Crippen LogP contribution >= 0.6 is 0 Å². The third-order valence-electron chi connectivity index (χ3n) is 5.26. The third-order valence-corrected chi connectivity index (χ3v) is 5.26. The molecule has 0 aliphatic heterocycles. The van der Waals surface area contributed by atoms with E-state index in [2.05, 4.69) is 15.6 Å². The second-order valence-corrected chi connectivity index (χ2v) is 8.02. The Balaban J connectivity index is 1.44. The van der Waals surface area contributed by atoms with Gasteiger partial charge >= 0.3 is 0 Å². The maximum atomic E-state index is 12.7. The van der Waals surface area contributed by atoms with Crippen molar-refractivity contribution in [1.29, 1.82) is 0 Å². The van der Waals surface area contributed by atoms with Crippen LogP contribution in [0.5, 0.6) is 0 Å². The van der Waals surface area contributed by atoms with Crippen LogP contribution in [0.3, 0.4) is 0 Å². The van der Waals surface area contributed by atoms with Crippen molar-refractivity contribution in [2.75, 3.05) is 35.4 Å². The fourth-order valence-corrected chi connectivity index (χ4v) is 3.50. The van der Waals surface area contributed by atoms with Crippen LogP contribution in [0, 0.1) is 6.92 Å². The molecule has 0 radical (unpaired) electrons. The number of nitrogens with one attached hydrogen (secondary N) is 2. The number of nitrogen functional groups attached to an aromatic ring is 1. The van der Waals surface area contributed by atoms with E-state index in [9.17, 15) is 9.59 Å². The summed E-state index contributed by atoms with van der Waals surface area (Å²) in [6, 6.07) is 21.4. The maximum absolute atomic E-state index is 12.7. The van der Waals surface area contributed by atoms with E-state index in [4.69, 9.17) is 5.73 Å². The van der Waals surface area contributed by atoms with Gasteiger partial charge in [0, 0.05) is 59.1 Å². The first kappa shape index (κ1) is 21.8. The van der Waals surface area contributed by atoms with Crippen molar-refractivity contribution in [3.8, 4) is 0 Å². The molecule has 4 aromatic rings. The molecule has 0 bridgehead atoms. The second-order valence-electron chi connectivity index (χ2n) is 8.02. The molecule has 3 aromatic carbocycles. The summed E-state index contributed by atoms with van der Waals surface area (Å²) in [4.78, 5) is 31.7. The summed E-state index contributed by atoms with van der Waals surface area (Å²) in [7, 11) is 3.85. The van der Waals surface area contributed by atoms with E-state index in [0.29, 0.717) is 28.2 Å². The molecule has 4 rings (SSSR count). The lowest BCUT2D eigenvalue weighted by Gasteiger charge is -2.13. The number of nitrogens with zero attached hydrogens (tertiary/aromatic N) is 2. The highest BCUT2D eigenvalue weighted by Gasteiger charge is 2.11. The molecule has 7 heteroatoms. The van der Waals surface area contributed by atoms with E-state index in [1.54, 1.807) is 54.6 Å². The highest BCUT2D eigenvalue weighted by Crippen LogP contribution is 2.23. The Bertz CT molecular complexity index is 1350. The average Bonchev–Trinajstić information content (AvgIpc) is 2.80. The van der Waals surface area contributed by atoms with Gasteiger partial charge in [0.15, 0.2) is 0 Å². The number of aromatic nitrogens is 1. The zero-order chi connectivity index (χ0) is 23.5. The lowest BCUT2D eigenvalue weighted by atomic mass is 10.1. The zero-order valence-electron chi connectivity index (χ0n) is 18.7. The quantitative estimate of drug-likeness (QED) is 0.419. The molecule has 0 unspecified atom stereocenters. The van der Waals surface area contributed by atoms with Gasteiger partial charge in [-0.25, -0.2) is 0 Å². The topological polar surface area (TPSA) is 100 Å². The molecule has 33 heavy (non-hydrogen) atoms. The van der Waals surface area contributed by atoms with E-state index >= 15 is 0 Å². The SMILES string of the molecule is Cc1cc(N)c2cc(C(=O)Nc3ccc(NC(=O)c4cccc(N(C)C)c4)cc3)ccc2n1. The molecule has 0 fully saturated rings. The minimum atomic E-state index is -0.255. The molecule has 1 heterocycles. The number of anilines is 4. The van der Waals surface area contributed by atoms with E-state index in [1.807, 2.05) is 44.1 Å². The van der Waals surface area contributed by atoms with Gasteiger partial charge in [-0.1, -0.05) is 6.07 Å². The number of amides is 2. The van der Waals surface area contributed by atoms with Crippen LogP contribution in [-0.4, -0.2) is 30.9 Å². The number of hydrogen-bond acceptors (Lipinski definition) is 5. The Morgan fingerprint density at radius 2 is 1.42 bits per heavy atom. The number of rotatable bonds is 5. The molecule has 0 saturated heterocycles. The molecule has 166 valence electrons. The molecule has 0 saturated carbocycles. The summed E-state index contributed by atoms with van der Waals surface area (Å²) >= 11 is 0. The molecule has 0 aliphatic rings. The molecule has 7 nitrogen and oxygen atoms in total. The summed E-state index contributed by atoms with van der Waals surface area (Å²) in [6.45, 7) is 1.88. The van der Waals surface area contributed by atoms with Crippen molar-refractivity contribution in [1.82, 2.24) is 4.98 Å².